The second-order valence-electron chi connectivity index (χ2n) is 6.28. The normalized spacial score (nSPS) is 25.0. The number of halogens is 1. The van der Waals surface area contributed by atoms with Crippen LogP contribution >= 0.6 is 22.9 Å². The van der Waals surface area contributed by atoms with Gasteiger partial charge in [0.2, 0.25) is 0 Å². The second-order valence-corrected chi connectivity index (χ2v) is 9.84. The monoisotopic (exact) mass is 384 g/mol. The molecule has 1 aromatic carbocycles. The second kappa shape index (κ2) is 5.98. The molecule has 0 spiro atoms. The van der Waals surface area contributed by atoms with Crippen molar-refractivity contribution >= 4 is 49.0 Å². The van der Waals surface area contributed by atoms with Crippen molar-refractivity contribution in [2.24, 2.45) is 0 Å². The molecule has 8 heteroatoms. The zero-order valence-electron chi connectivity index (χ0n) is 12.9. The van der Waals surface area contributed by atoms with Gasteiger partial charge in [0.25, 0.3) is 15.9 Å². The number of thiophene rings is 1. The van der Waals surface area contributed by atoms with E-state index in [1.807, 2.05) is 0 Å². The van der Waals surface area contributed by atoms with Gasteiger partial charge in [0, 0.05) is 15.8 Å². The molecule has 1 aliphatic heterocycles. The zero-order valence-corrected chi connectivity index (χ0v) is 15.3. The average molecular weight is 385 g/mol. The van der Waals surface area contributed by atoms with Gasteiger partial charge in [-0.05, 0) is 36.4 Å². The Morgan fingerprint density at radius 1 is 1.21 bits per heavy atom. The van der Waals surface area contributed by atoms with Gasteiger partial charge in [0.15, 0.2) is 0 Å². The molecule has 1 saturated carbocycles. The molecule has 2 heterocycles. The molecular formula is C16H17ClN2O3S2. The molecule has 2 atom stereocenters. The highest BCUT2D eigenvalue weighted by atomic mass is 35.5. The Labute approximate surface area is 149 Å². The summed E-state index contributed by atoms with van der Waals surface area (Å²) < 4.78 is 28.5. The van der Waals surface area contributed by atoms with Crippen LogP contribution < -0.4 is 5.32 Å². The standard InChI is InChI=1S/C16H17ClN2O3S2/c17-11-6-5-10-7-16(23-14(10)8-11)24(21,22)19-13-4-2-1-3-12(13)18-9-15(19)20/h5-8,12-13,18H,1-4,9H2. The van der Waals surface area contributed by atoms with Crippen LogP contribution in [0, 0.1) is 0 Å². The van der Waals surface area contributed by atoms with Gasteiger partial charge in [-0.1, -0.05) is 30.5 Å². The van der Waals surface area contributed by atoms with Crippen molar-refractivity contribution < 1.29 is 13.2 Å². The first-order chi connectivity index (χ1) is 11.5. The number of hydrogen-bond donors (Lipinski definition) is 1. The Morgan fingerprint density at radius 3 is 2.83 bits per heavy atom. The van der Waals surface area contributed by atoms with E-state index in [1.54, 1.807) is 24.3 Å². The van der Waals surface area contributed by atoms with Gasteiger partial charge in [0.05, 0.1) is 12.6 Å². The summed E-state index contributed by atoms with van der Waals surface area (Å²) in [4.78, 5) is 12.4. The first-order valence-corrected chi connectivity index (χ1v) is 10.6. The van der Waals surface area contributed by atoms with Gasteiger partial charge in [-0.25, -0.2) is 12.7 Å². The smallest absolute Gasteiger partial charge is 0.276 e. The number of amides is 1. The fraction of sp³-hybridized carbons (Fsp3) is 0.438. The molecule has 2 fully saturated rings. The van der Waals surface area contributed by atoms with Crippen molar-refractivity contribution in [3.8, 4) is 0 Å². The number of carbonyl (C=O) groups excluding carboxylic acids is 1. The van der Waals surface area contributed by atoms with E-state index in [0.29, 0.717) is 5.02 Å². The number of nitrogens with zero attached hydrogens (tertiary/aromatic N) is 1. The number of nitrogens with one attached hydrogen (secondary N) is 1. The molecular weight excluding hydrogens is 368 g/mol. The van der Waals surface area contributed by atoms with Crippen molar-refractivity contribution in [3.05, 3.63) is 29.3 Å². The maximum atomic E-state index is 13.2. The van der Waals surface area contributed by atoms with Crippen molar-refractivity contribution in [2.75, 3.05) is 6.54 Å². The SMILES string of the molecule is O=C1CNC2CCCCC2N1S(=O)(=O)c1cc2ccc(Cl)cc2s1. The predicted octanol–water partition coefficient (Wildman–Crippen LogP) is 2.99. The van der Waals surface area contributed by atoms with Crippen LogP contribution in [-0.2, 0) is 14.8 Å². The number of rotatable bonds is 2. The summed E-state index contributed by atoms with van der Waals surface area (Å²) in [6, 6.07) is 6.72. The van der Waals surface area contributed by atoms with Crippen LogP contribution in [0.4, 0.5) is 0 Å². The van der Waals surface area contributed by atoms with Crippen LogP contribution in [-0.4, -0.2) is 37.3 Å². The topological polar surface area (TPSA) is 66.5 Å². The van der Waals surface area contributed by atoms with E-state index < -0.39 is 10.0 Å². The third kappa shape index (κ3) is 2.63. The van der Waals surface area contributed by atoms with Crippen LogP contribution in [0.25, 0.3) is 10.1 Å². The van der Waals surface area contributed by atoms with Gasteiger partial charge in [0.1, 0.15) is 4.21 Å². The summed E-state index contributed by atoms with van der Waals surface area (Å²) in [5.41, 5.74) is 0. The summed E-state index contributed by atoms with van der Waals surface area (Å²) in [5.74, 6) is -0.367. The molecule has 1 amide bonds. The Kier molecular flexibility index (Phi) is 4.07. The summed E-state index contributed by atoms with van der Waals surface area (Å²) in [6.07, 6.45) is 3.65. The van der Waals surface area contributed by atoms with E-state index in [4.69, 9.17) is 11.6 Å². The van der Waals surface area contributed by atoms with Crippen molar-refractivity contribution in [3.63, 3.8) is 0 Å². The summed E-state index contributed by atoms with van der Waals surface area (Å²) >= 11 is 7.16. The van der Waals surface area contributed by atoms with Crippen LogP contribution in [0.15, 0.2) is 28.5 Å². The quantitative estimate of drug-likeness (QED) is 0.864. The molecule has 4 rings (SSSR count). The largest absolute Gasteiger partial charge is 0.303 e. The third-order valence-electron chi connectivity index (χ3n) is 4.76. The highest BCUT2D eigenvalue weighted by Gasteiger charge is 2.44. The minimum Gasteiger partial charge on any atom is -0.303 e. The van der Waals surface area contributed by atoms with Crippen LogP contribution in [0.2, 0.25) is 5.02 Å². The molecule has 2 aromatic rings. The molecule has 1 N–H and O–H groups in total. The van der Waals surface area contributed by atoms with E-state index in [9.17, 15) is 13.2 Å². The number of fused-ring (bicyclic) bond motifs is 2. The lowest BCUT2D eigenvalue weighted by Crippen LogP contribution is -2.62. The summed E-state index contributed by atoms with van der Waals surface area (Å²) in [5, 5.41) is 4.58. The first kappa shape index (κ1) is 16.3. The number of sulfonamides is 1. The van der Waals surface area contributed by atoms with E-state index in [1.165, 1.54) is 11.3 Å². The first-order valence-electron chi connectivity index (χ1n) is 7.96. The number of carbonyl (C=O) groups is 1. The number of hydrogen-bond acceptors (Lipinski definition) is 5. The summed E-state index contributed by atoms with van der Waals surface area (Å²) in [6.45, 7) is 0.0805. The average Bonchev–Trinajstić information content (AvgIpc) is 2.98. The molecule has 128 valence electrons. The highest BCUT2D eigenvalue weighted by molar-refractivity contribution is 7.92. The predicted molar refractivity (Wildman–Crippen MR) is 94.9 cm³/mol. The molecule has 2 unspecified atom stereocenters. The molecule has 5 nitrogen and oxygen atoms in total. The molecule has 24 heavy (non-hydrogen) atoms. The Morgan fingerprint density at radius 2 is 2.00 bits per heavy atom. The van der Waals surface area contributed by atoms with Gasteiger partial charge >= 0.3 is 0 Å². The van der Waals surface area contributed by atoms with E-state index in [0.717, 1.165) is 40.1 Å². The maximum absolute atomic E-state index is 13.2. The van der Waals surface area contributed by atoms with Crippen LogP contribution in [0.3, 0.4) is 0 Å². The lowest BCUT2D eigenvalue weighted by atomic mass is 9.89. The number of benzene rings is 1. The lowest BCUT2D eigenvalue weighted by Gasteiger charge is -2.43. The van der Waals surface area contributed by atoms with Gasteiger partial charge < -0.3 is 5.32 Å². The molecule has 2 aliphatic rings. The van der Waals surface area contributed by atoms with Crippen molar-refractivity contribution in [1.82, 2.24) is 9.62 Å². The van der Waals surface area contributed by atoms with Crippen LogP contribution in [0.1, 0.15) is 25.7 Å². The molecule has 0 radical (unpaired) electrons. The fourth-order valence-corrected chi connectivity index (χ4v) is 7.04. The highest BCUT2D eigenvalue weighted by Crippen LogP contribution is 2.36. The van der Waals surface area contributed by atoms with Crippen molar-refractivity contribution in [2.45, 2.75) is 42.0 Å². The lowest BCUT2D eigenvalue weighted by molar-refractivity contribution is -0.130. The minimum absolute atomic E-state index is 0.0649. The summed E-state index contributed by atoms with van der Waals surface area (Å²) in [7, 11) is -3.84. The van der Waals surface area contributed by atoms with Crippen LogP contribution in [0.5, 0.6) is 0 Å². The van der Waals surface area contributed by atoms with E-state index in [-0.39, 0.29) is 28.7 Å². The maximum Gasteiger partial charge on any atom is 0.276 e. The molecule has 0 bridgehead atoms. The molecule has 1 aromatic heterocycles. The molecule has 1 aliphatic carbocycles. The zero-order chi connectivity index (χ0) is 16.9. The fourth-order valence-electron chi connectivity index (χ4n) is 3.63. The Bertz CT molecular complexity index is 909. The molecule has 1 saturated heterocycles. The Balaban J connectivity index is 1.77. The van der Waals surface area contributed by atoms with Crippen molar-refractivity contribution in [1.29, 1.82) is 0 Å². The number of piperazine rings is 1. The van der Waals surface area contributed by atoms with Gasteiger partial charge in [-0.15, -0.1) is 11.3 Å². The third-order valence-corrected chi connectivity index (χ3v) is 8.39. The van der Waals surface area contributed by atoms with E-state index >= 15 is 0 Å². The van der Waals surface area contributed by atoms with Gasteiger partial charge in [-0.2, -0.15) is 0 Å². The van der Waals surface area contributed by atoms with Gasteiger partial charge in [-0.3, -0.25) is 4.79 Å². The Hall–Kier alpha value is -1.15. The minimum atomic E-state index is -3.84. The van der Waals surface area contributed by atoms with E-state index in [2.05, 4.69) is 5.32 Å².